The molecule has 1 atom stereocenters. The van der Waals surface area contributed by atoms with E-state index in [0.29, 0.717) is 0 Å². The Balaban J connectivity index is 1.92. The molecule has 0 bridgehead atoms. The van der Waals surface area contributed by atoms with E-state index in [-0.39, 0.29) is 6.04 Å². The molecule has 100 valence electrons. The molecule has 5 heteroatoms. The quantitative estimate of drug-likeness (QED) is 0.914. The van der Waals surface area contributed by atoms with Crippen LogP contribution in [-0.4, -0.2) is 19.7 Å². The van der Waals surface area contributed by atoms with E-state index < -0.39 is 0 Å². The highest BCUT2D eigenvalue weighted by Crippen LogP contribution is 2.27. The molecule has 0 saturated heterocycles. The fourth-order valence-corrected chi connectivity index (χ4v) is 2.55. The van der Waals surface area contributed by atoms with Gasteiger partial charge in [-0.3, -0.25) is 4.68 Å². The SMILES string of the molecule is CCCn1cc(-c2ncc3c(n2)CCCC3N)cn1. The molecule has 2 aromatic heterocycles. The van der Waals surface area contributed by atoms with Crippen molar-refractivity contribution in [2.24, 2.45) is 5.73 Å². The largest absolute Gasteiger partial charge is 0.324 e. The second-order valence-corrected chi connectivity index (χ2v) is 5.09. The van der Waals surface area contributed by atoms with Crippen LogP contribution in [0.5, 0.6) is 0 Å². The highest BCUT2D eigenvalue weighted by Gasteiger charge is 2.19. The van der Waals surface area contributed by atoms with Crippen LogP contribution >= 0.6 is 0 Å². The summed E-state index contributed by atoms with van der Waals surface area (Å²) in [6.45, 7) is 3.06. The molecular formula is C14H19N5. The Morgan fingerprint density at radius 2 is 2.32 bits per heavy atom. The highest BCUT2D eigenvalue weighted by atomic mass is 15.3. The van der Waals surface area contributed by atoms with Crippen LogP contribution in [0.4, 0.5) is 0 Å². The van der Waals surface area contributed by atoms with E-state index in [9.17, 15) is 0 Å². The van der Waals surface area contributed by atoms with Crippen LogP contribution in [0.2, 0.25) is 0 Å². The molecule has 1 aliphatic carbocycles. The summed E-state index contributed by atoms with van der Waals surface area (Å²) < 4.78 is 1.93. The first-order valence-corrected chi connectivity index (χ1v) is 6.92. The van der Waals surface area contributed by atoms with Crippen molar-refractivity contribution in [3.8, 4) is 11.4 Å². The van der Waals surface area contributed by atoms with Crippen LogP contribution in [0.15, 0.2) is 18.6 Å². The second-order valence-electron chi connectivity index (χ2n) is 5.09. The van der Waals surface area contributed by atoms with E-state index in [4.69, 9.17) is 5.73 Å². The molecule has 0 aliphatic heterocycles. The normalized spacial score (nSPS) is 18.3. The van der Waals surface area contributed by atoms with Crippen molar-refractivity contribution < 1.29 is 0 Å². The van der Waals surface area contributed by atoms with E-state index in [1.807, 2.05) is 23.3 Å². The topological polar surface area (TPSA) is 69.6 Å². The third-order valence-electron chi connectivity index (χ3n) is 3.57. The number of fused-ring (bicyclic) bond motifs is 1. The molecule has 1 aliphatic rings. The zero-order chi connectivity index (χ0) is 13.2. The summed E-state index contributed by atoms with van der Waals surface area (Å²) in [6.07, 6.45) is 9.94. The molecule has 2 aromatic rings. The monoisotopic (exact) mass is 257 g/mol. The minimum absolute atomic E-state index is 0.0978. The molecule has 0 radical (unpaired) electrons. The van der Waals surface area contributed by atoms with E-state index in [1.54, 1.807) is 0 Å². The number of rotatable bonds is 3. The molecule has 0 fully saturated rings. The minimum Gasteiger partial charge on any atom is -0.324 e. The molecule has 0 aromatic carbocycles. The smallest absolute Gasteiger partial charge is 0.162 e. The average molecular weight is 257 g/mol. The third kappa shape index (κ3) is 2.38. The van der Waals surface area contributed by atoms with E-state index in [2.05, 4.69) is 22.0 Å². The fraction of sp³-hybridized carbons (Fsp3) is 0.500. The van der Waals surface area contributed by atoms with Crippen LogP contribution in [0.1, 0.15) is 43.5 Å². The van der Waals surface area contributed by atoms with Gasteiger partial charge in [-0.1, -0.05) is 6.92 Å². The van der Waals surface area contributed by atoms with Crippen LogP contribution in [0.3, 0.4) is 0 Å². The Morgan fingerprint density at radius 1 is 1.42 bits per heavy atom. The summed E-state index contributed by atoms with van der Waals surface area (Å²) in [5.41, 5.74) is 9.28. The standard InChI is InChI=1S/C14H19N5/c1-2-6-19-9-10(7-17-19)14-16-8-11-12(15)4-3-5-13(11)18-14/h7-9,12H,2-6,15H2,1H3. The van der Waals surface area contributed by atoms with Gasteiger partial charge in [-0.05, 0) is 25.7 Å². The fourth-order valence-electron chi connectivity index (χ4n) is 2.55. The average Bonchev–Trinajstić information content (AvgIpc) is 2.88. The number of nitrogens with zero attached hydrogens (tertiary/aromatic N) is 4. The maximum absolute atomic E-state index is 6.08. The van der Waals surface area contributed by atoms with Gasteiger partial charge < -0.3 is 5.73 Å². The van der Waals surface area contributed by atoms with Gasteiger partial charge in [-0.25, -0.2) is 9.97 Å². The molecule has 0 amide bonds. The third-order valence-corrected chi connectivity index (χ3v) is 3.57. The lowest BCUT2D eigenvalue weighted by atomic mass is 9.93. The summed E-state index contributed by atoms with van der Waals surface area (Å²) in [5, 5.41) is 4.32. The zero-order valence-corrected chi connectivity index (χ0v) is 11.2. The first kappa shape index (κ1) is 12.3. The van der Waals surface area contributed by atoms with Crippen molar-refractivity contribution in [3.05, 3.63) is 29.8 Å². The molecular weight excluding hydrogens is 238 g/mol. The lowest BCUT2D eigenvalue weighted by Gasteiger charge is -2.20. The molecule has 0 saturated carbocycles. The minimum atomic E-state index is 0.0978. The zero-order valence-electron chi connectivity index (χ0n) is 11.2. The van der Waals surface area contributed by atoms with Gasteiger partial charge in [-0.2, -0.15) is 5.10 Å². The molecule has 3 rings (SSSR count). The number of aromatic nitrogens is 4. The van der Waals surface area contributed by atoms with Gasteiger partial charge in [0.2, 0.25) is 0 Å². The maximum Gasteiger partial charge on any atom is 0.162 e. The van der Waals surface area contributed by atoms with Crippen molar-refractivity contribution in [1.82, 2.24) is 19.7 Å². The highest BCUT2D eigenvalue weighted by molar-refractivity contribution is 5.52. The first-order valence-electron chi connectivity index (χ1n) is 6.92. The lowest BCUT2D eigenvalue weighted by molar-refractivity contribution is 0.557. The van der Waals surface area contributed by atoms with Gasteiger partial charge in [-0.15, -0.1) is 0 Å². The van der Waals surface area contributed by atoms with Crippen molar-refractivity contribution in [3.63, 3.8) is 0 Å². The Morgan fingerprint density at radius 3 is 3.16 bits per heavy atom. The molecule has 5 nitrogen and oxygen atoms in total. The van der Waals surface area contributed by atoms with Gasteiger partial charge in [0.1, 0.15) is 0 Å². The number of nitrogens with two attached hydrogens (primary N) is 1. The van der Waals surface area contributed by atoms with Gasteiger partial charge in [0.05, 0.1) is 11.8 Å². The molecule has 19 heavy (non-hydrogen) atoms. The van der Waals surface area contributed by atoms with Gasteiger partial charge in [0.25, 0.3) is 0 Å². The van der Waals surface area contributed by atoms with Gasteiger partial charge in [0, 0.05) is 36.2 Å². The van der Waals surface area contributed by atoms with E-state index >= 15 is 0 Å². The summed E-state index contributed by atoms with van der Waals surface area (Å²) in [5.74, 6) is 0.759. The molecule has 2 heterocycles. The maximum atomic E-state index is 6.08. The summed E-state index contributed by atoms with van der Waals surface area (Å²) in [4.78, 5) is 9.10. The lowest BCUT2D eigenvalue weighted by Crippen LogP contribution is -2.19. The summed E-state index contributed by atoms with van der Waals surface area (Å²) in [6, 6.07) is 0.0978. The van der Waals surface area contributed by atoms with Crippen molar-refractivity contribution in [1.29, 1.82) is 0 Å². The van der Waals surface area contributed by atoms with Crippen molar-refractivity contribution in [2.75, 3.05) is 0 Å². The first-order chi connectivity index (χ1) is 9.28. The van der Waals surface area contributed by atoms with Crippen molar-refractivity contribution in [2.45, 2.75) is 45.2 Å². The predicted molar refractivity (Wildman–Crippen MR) is 73.4 cm³/mol. The number of hydrogen-bond donors (Lipinski definition) is 1. The van der Waals surface area contributed by atoms with Gasteiger partial charge >= 0.3 is 0 Å². The Hall–Kier alpha value is -1.75. The van der Waals surface area contributed by atoms with Crippen LogP contribution in [0, 0.1) is 0 Å². The predicted octanol–water partition coefficient (Wildman–Crippen LogP) is 2.09. The molecule has 1 unspecified atom stereocenters. The van der Waals surface area contributed by atoms with Crippen LogP contribution in [0.25, 0.3) is 11.4 Å². The Labute approximate surface area is 112 Å². The summed E-state index contributed by atoms with van der Waals surface area (Å²) >= 11 is 0. The van der Waals surface area contributed by atoms with Crippen LogP contribution < -0.4 is 5.73 Å². The van der Waals surface area contributed by atoms with Crippen LogP contribution in [-0.2, 0) is 13.0 Å². The van der Waals surface area contributed by atoms with E-state index in [1.165, 1.54) is 0 Å². The number of hydrogen-bond acceptors (Lipinski definition) is 4. The second kappa shape index (κ2) is 5.09. The Bertz CT molecular complexity index is 575. The summed E-state index contributed by atoms with van der Waals surface area (Å²) in [7, 11) is 0. The molecule has 2 N–H and O–H groups in total. The Kier molecular flexibility index (Phi) is 3.29. The van der Waals surface area contributed by atoms with E-state index in [0.717, 1.165) is 54.9 Å². The van der Waals surface area contributed by atoms with Gasteiger partial charge in [0.15, 0.2) is 5.82 Å². The molecule has 0 spiro atoms. The van der Waals surface area contributed by atoms with Crippen molar-refractivity contribution >= 4 is 0 Å². The number of aryl methyl sites for hydroxylation is 2.